The summed E-state index contributed by atoms with van der Waals surface area (Å²) in [6.07, 6.45) is 16.7. The molecule has 0 spiro atoms. The minimum Gasteiger partial charge on any atom is -0.295 e. The zero-order chi connectivity index (χ0) is 13.9. The van der Waals surface area contributed by atoms with Crippen LogP contribution in [0.4, 0.5) is 0 Å². The first kappa shape index (κ1) is 14.4. The fourth-order valence-electron chi connectivity index (χ4n) is 5.06. The van der Waals surface area contributed by atoms with Crippen molar-refractivity contribution in [3.63, 3.8) is 0 Å². The quantitative estimate of drug-likeness (QED) is 0.682. The Bertz CT molecular complexity index is 373. The molecule has 0 saturated heterocycles. The Kier molecular flexibility index (Phi) is 4.63. The molecule has 20 heavy (non-hydrogen) atoms. The van der Waals surface area contributed by atoms with Gasteiger partial charge in [-0.3, -0.25) is 4.79 Å². The van der Waals surface area contributed by atoms with Gasteiger partial charge in [-0.25, -0.2) is 0 Å². The van der Waals surface area contributed by atoms with Crippen molar-refractivity contribution in [1.29, 1.82) is 0 Å². The average Bonchev–Trinajstić information content (AvgIpc) is 2.48. The highest BCUT2D eigenvalue weighted by Crippen LogP contribution is 2.46. The lowest BCUT2D eigenvalue weighted by Crippen LogP contribution is -2.29. The molecule has 2 fully saturated rings. The van der Waals surface area contributed by atoms with Crippen LogP contribution >= 0.6 is 0 Å². The van der Waals surface area contributed by atoms with Gasteiger partial charge in [0.25, 0.3) is 0 Å². The van der Waals surface area contributed by atoms with Crippen molar-refractivity contribution in [2.75, 3.05) is 0 Å². The van der Waals surface area contributed by atoms with E-state index in [0.717, 1.165) is 36.5 Å². The van der Waals surface area contributed by atoms with Gasteiger partial charge >= 0.3 is 0 Å². The van der Waals surface area contributed by atoms with E-state index in [-0.39, 0.29) is 0 Å². The normalized spacial score (nSPS) is 38.2. The van der Waals surface area contributed by atoms with Gasteiger partial charge in [-0.1, -0.05) is 38.2 Å². The first-order valence-corrected chi connectivity index (χ1v) is 8.99. The van der Waals surface area contributed by atoms with Crippen LogP contribution in [0.15, 0.2) is 11.6 Å². The molecule has 0 aliphatic heterocycles. The third kappa shape index (κ3) is 3.18. The molecule has 1 nitrogen and oxygen atoms in total. The van der Waals surface area contributed by atoms with E-state index in [2.05, 4.69) is 6.92 Å². The second-order valence-corrected chi connectivity index (χ2v) is 7.53. The van der Waals surface area contributed by atoms with Crippen LogP contribution in [0.5, 0.6) is 0 Å². The summed E-state index contributed by atoms with van der Waals surface area (Å²) >= 11 is 0. The van der Waals surface area contributed by atoms with Crippen LogP contribution in [0.2, 0.25) is 0 Å². The van der Waals surface area contributed by atoms with Crippen LogP contribution in [0.3, 0.4) is 0 Å². The Morgan fingerprint density at radius 1 is 1.00 bits per heavy atom. The van der Waals surface area contributed by atoms with Gasteiger partial charge in [-0.05, 0) is 68.3 Å². The molecule has 3 aliphatic rings. The van der Waals surface area contributed by atoms with Crippen molar-refractivity contribution in [2.24, 2.45) is 23.7 Å². The lowest BCUT2D eigenvalue weighted by Gasteiger charge is -2.40. The van der Waals surface area contributed by atoms with E-state index in [9.17, 15) is 4.79 Å². The van der Waals surface area contributed by atoms with Crippen molar-refractivity contribution >= 4 is 5.78 Å². The maximum absolute atomic E-state index is 11.5. The molecule has 0 heterocycles. The van der Waals surface area contributed by atoms with E-state index < -0.39 is 0 Å². The van der Waals surface area contributed by atoms with E-state index in [1.54, 1.807) is 0 Å². The van der Waals surface area contributed by atoms with E-state index in [0.29, 0.717) is 5.78 Å². The predicted octanol–water partition coefficient (Wildman–Crippen LogP) is 5.30. The van der Waals surface area contributed by atoms with Gasteiger partial charge in [-0.15, -0.1) is 0 Å². The predicted molar refractivity (Wildman–Crippen MR) is 83.5 cm³/mol. The lowest BCUT2D eigenvalue weighted by molar-refractivity contribution is -0.115. The molecule has 0 radical (unpaired) electrons. The highest BCUT2D eigenvalue weighted by Gasteiger charge is 2.34. The number of allylic oxidation sites excluding steroid dienone is 2. The summed E-state index contributed by atoms with van der Waals surface area (Å²) in [7, 11) is 0. The highest BCUT2D eigenvalue weighted by molar-refractivity contribution is 5.91. The Balaban J connectivity index is 1.53. The topological polar surface area (TPSA) is 17.1 Å². The molecule has 0 amide bonds. The summed E-state index contributed by atoms with van der Waals surface area (Å²) in [6, 6.07) is 0. The molecule has 0 aromatic rings. The number of rotatable bonds is 3. The molecule has 3 rings (SSSR count). The van der Waals surface area contributed by atoms with Crippen molar-refractivity contribution in [1.82, 2.24) is 0 Å². The Hall–Kier alpha value is -0.590. The van der Waals surface area contributed by atoms with Crippen molar-refractivity contribution < 1.29 is 4.79 Å². The summed E-state index contributed by atoms with van der Waals surface area (Å²) in [5.74, 6) is 4.15. The molecule has 0 N–H and O–H groups in total. The van der Waals surface area contributed by atoms with Crippen LogP contribution in [-0.2, 0) is 4.79 Å². The van der Waals surface area contributed by atoms with Gasteiger partial charge in [0.2, 0.25) is 0 Å². The largest absolute Gasteiger partial charge is 0.295 e. The molecule has 3 aliphatic carbocycles. The van der Waals surface area contributed by atoms with Crippen molar-refractivity contribution in [3.8, 4) is 0 Å². The van der Waals surface area contributed by atoms with Gasteiger partial charge in [-0.2, -0.15) is 0 Å². The molecule has 0 bridgehead atoms. The van der Waals surface area contributed by atoms with Crippen LogP contribution in [0.25, 0.3) is 0 Å². The first-order chi connectivity index (χ1) is 9.76. The Morgan fingerprint density at radius 3 is 2.55 bits per heavy atom. The lowest BCUT2D eigenvalue weighted by atomic mass is 9.65. The molecule has 112 valence electrons. The number of hydrogen-bond acceptors (Lipinski definition) is 1. The summed E-state index contributed by atoms with van der Waals surface area (Å²) in [5.41, 5.74) is 1.50. The molecule has 0 aromatic carbocycles. The van der Waals surface area contributed by atoms with Crippen molar-refractivity contribution in [2.45, 2.75) is 77.6 Å². The fourth-order valence-corrected chi connectivity index (χ4v) is 5.06. The number of carbonyl (C=O) groups excluding carboxylic acids is 1. The zero-order valence-electron chi connectivity index (χ0n) is 13.1. The zero-order valence-corrected chi connectivity index (χ0v) is 13.1. The third-order valence-corrected chi connectivity index (χ3v) is 6.26. The summed E-state index contributed by atoms with van der Waals surface area (Å²) in [4.78, 5) is 11.5. The maximum atomic E-state index is 11.5. The number of fused-ring (bicyclic) bond motifs is 1. The number of ketones is 1. The van der Waals surface area contributed by atoms with Gasteiger partial charge in [0.05, 0.1) is 0 Å². The van der Waals surface area contributed by atoms with Gasteiger partial charge < -0.3 is 0 Å². The van der Waals surface area contributed by atoms with E-state index in [1.807, 2.05) is 6.08 Å². The number of carbonyl (C=O) groups is 1. The molecular formula is C19H30O. The smallest absolute Gasteiger partial charge is 0.155 e. The van der Waals surface area contributed by atoms with E-state index >= 15 is 0 Å². The summed E-state index contributed by atoms with van der Waals surface area (Å²) in [6.45, 7) is 2.32. The molecule has 2 saturated carbocycles. The van der Waals surface area contributed by atoms with E-state index in [1.165, 1.54) is 63.4 Å². The molecule has 0 aromatic heterocycles. The summed E-state index contributed by atoms with van der Waals surface area (Å²) in [5, 5.41) is 0. The van der Waals surface area contributed by atoms with Crippen molar-refractivity contribution in [3.05, 3.63) is 11.6 Å². The van der Waals surface area contributed by atoms with Crippen LogP contribution < -0.4 is 0 Å². The standard InChI is InChI=1S/C19H30O/c1-2-3-14-4-6-15(7-5-14)16-8-9-18-13-19(20)11-10-17(18)12-16/h13-17H,2-12H2,1H3/t14?,15?,16-,17-/m0/s1. The van der Waals surface area contributed by atoms with Crippen LogP contribution in [-0.4, -0.2) is 5.78 Å². The second kappa shape index (κ2) is 6.45. The average molecular weight is 274 g/mol. The Labute approximate surface area is 124 Å². The van der Waals surface area contributed by atoms with Gasteiger partial charge in [0.1, 0.15) is 0 Å². The second-order valence-electron chi connectivity index (χ2n) is 7.53. The Morgan fingerprint density at radius 2 is 1.80 bits per heavy atom. The van der Waals surface area contributed by atoms with Crippen LogP contribution in [0, 0.1) is 23.7 Å². The molecule has 2 atom stereocenters. The highest BCUT2D eigenvalue weighted by atomic mass is 16.1. The molecular weight excluding hydrogens is 244 g/mol. The van der Waals surface area contributed by atoms with Gasteiger partial charge in [0, 0.05) is 6.42 Å². The maximum Gasteiger partial charge on any atom is 0.155 e. The molecule has 0 unspecified atom stereocenters. The monoisotopic (exact) mass is 274 g/mol. The number of hydrogen-bond donors (Lipinski definition) is 0. The first-order valence-electron chi connectivity index (χ1n) is 8.99. The minimum absolute atomic E-state index is 0.384. The SMILES string of the molecule is CCCC1CCC([C@H]2CCC3=CC(=O)CC[C@H]3C2)CC1. The van der Waals surface area contributed by atoms with Crippen LogP contribution in [0.1, 0.15) is 77.6 Å². The fraction of sp³-hybridized carbons (Fsp3) is 0.842. The third-order valence-electron chi connectivity index (χ3n) is 6.26. The molecule has 1 heteroatoms. The minimum atomic E-state index is 0.384. The van der Waals surface area contributed by atoms with E-state index in [4.69, 9.17) is 0 Å². The van der Waals surface area contributed by atoms with Gasteiger partial charge in [0.15, 0.2) is 5.78 Å². The summed E-state index contributed by atoms with van der Waals surface area (Å²) < 4.78 is 0.